The third kappa shape index (κ3) is 2.08. The monoisotopic (exact) mass is 228 g/mol. The summed E-state index contributed by atoms with van der Waals surface area (Å²) in [5.74, 6) is 0.861. The first-order valence-corrected chi connectivity index (χ1v) is 6.04. The second-order valence-corrected chi connectivity index (χ2v) is 4.51. The van der Waals surface area contributed by atoms with E-state index >= 15 is 0 Å². The number of aromatic nitrogens is 2. The Morgan fingerprint density at radius 3 is 2.53 bits per heavy atom. The van der Waals surface area contributed by atoms with E-state index in [4.69, 9.17) is 0 Å². The number of imidazole rings is 1. The van der Waals surface area contributed by atoms with Crippen molar-refractivity contribution in [2.45, 2.75) is 13.0 Å². The van der Waals surface area contributed by atoms with Crippen molar-refractivity contribution in [2.24, 2.45) is 0 Å². The molecule has 1 N–H and O–H groups in total. The maximum atomic E-state index is 4.60. The van der Waals surface area contributed by atoms with E-state index in [1.165, 1.54) is 0 Å². The third-order valence-electron chi connectivity index (χ3n) is 3.09. The molecule has 0 aromatic carbocycles. The van der Waals surface area contributed by atoms with Crippen LogP contribution in [0.2, 0.25) is 0 Å². The van der Waals surface area contributed by atoms with Crippen molar-refractivity contribution in [3.8, 4) is 11.4 Å². The predicted octanol–water partition coefficient (Wildman–Crippen LogP) is 1.38. The van der Waals surface area contributed by atoms with Crippen LogP contribution in [-0.4, -0.2) is 35.6 Å². The molecule has 0 saturated carbocycles. The molecule has 0 aromatic heterocycles. The van der Waals surface area contributed by atoms with E-state index in [9.17, 15) is 0 Å². The van der Waals surface area contributed by atoms with Gasteiger partial charge in [-0.3, -0.25) is 0 Å². The van der Waals surface area contributed by atoms with E-state index in [0.717, 1.165) is 37.0 Å². The van der Waals surface area contributed by atoms with Gasteiger partial charge in [-0.15, -0.1) is 0 Å². The Morgan fingerprint density at radius 2 is 1.88 bits per heavy atom. The molecule has 88 valence electrons. The molecule has 1 fully saturated rings. The van der Waals surface area contributed by atoms with Crippen LogP contribution in [0, 0.1) is 0 Å². The lowest BCUT2D eigenvalue weighted by molar-refractivity contribution is 0.480. The highest BCUT2D eigenvalue weighted by molar-refractivity contribution is 5.60. The van der Waals surface area contributed by atoms with Gasteiger partial charge in [-0.05, 0) is 19.1 Å². The van der Waals surface area contributed by atoms with Crippen molar-refractivity contribution in [3.63, 3.8) is 0 Å². The molecule has 1 unspecified atom stereocenters. The summed E-state index contributed by atoms with van der Waals surface area (Å²) < 4.78 is 0. The molecule has 0 amide bonds. The number of nitrogens with zero attached hydrogens (tertiary/aromatic N) is 3. The maximum absolute atomic E-state index is 4.60. The summed E-state index contributed by atoms with van der Waals surface area (Å²) >= 11 is 0. The van der Waals surface area contributed by atoms with Gasteiger partial charge in [0, 0.05) is 25.7 Å². The standard InChI is InChI=1S/C13H16N4/c1-10-9-17(8-7-14-10)13-15-11-5-3-2-4-6-12(11)16-13/h2-6,10,14H,7-9H2,1H3. The van der Waals surface area contributed by atoms with E-state index < -0.39 is 0 Å². The molecule has 17 heavy (non-hydrogen) atoms. The van der Waals surface area contributed by atoms with Gasteiger partial charge >= 0.3 is 0 Å². The van der Waals surface area contributed by atoms with E-state index in [1.807, 2.05) is 30.3 Å². The van der Waals surface area contributed by atoms with Crippen molar-refractivity contribution < 1.29 is 0 Å². The largest absolute Gasteiger partial charge is 0.338 e. The molecular formula is C13H16N4. The first kappa shape index (κ1) is 10.5. The van der Waals surface area contributed by atoms with Crippen LogP contribution in [-0.2, 0) is 0 Å². The third-order valence-corrected chi connectivity index (χ3v) is 3.09. The van der Waals surface area contributed by atoms with Crippen LogP contribution < -0.4 is 10.2 Å². The molecule has 4 heteroatoms. The first-order chi connectivity index (χ1) is 8.33. The average molecular weight is 228 g/mol. The van der Waals surface area contributed by atoms with Gasteiger partial charge in [0.25, 0.3) is 0 Å². The highest BCUT2D eigenvalue weighted by Gasteiger charge is 2.20. The van der Waals surface area contributed by atoms with Gasteiger partial charge in [-0.25, -0.2) is 9.97 Å². The molecule has 2 heterocycles. The zero-order chi connectivity index (χ0) is 11.7. The van der Waals surface area contributed by atoms with E-state index in [-0.39, 0.29) is 0 Å². The minimum Gasteiger partial charge on any atom is -0.338 e. The minimum absolute atomic E-state index is 0.501. The lowest BCUT2D eigenvalue weighted by Gasteiger charge is -2.31. The van der Waals surface area contributed by atoms with Gasteiger partial charge in [0.15, 0.2) is 0 Å². The summed E-state index contributed by atoms with van der Waals surface area (Å²) in [5, 5.41) is 3.42. The highest BCUT2D eigenvalue weighted by Crippen LogP contribution is 2.22. The molecule has 0 radical (unpaired) electrons. The Morgan fingerprint density at radius 1 is 1.18 bits per heavy atom. The Kier molecular flexibility index (Phi) is 2.65. The number of rotatable bonds is 1. The summed E-state index contributed by atoms with van der Waals surface area (Å²) in [6, 6.07) is 10.5. The molecule has 1 atom stereocenters. The number of fused-ring (bicyclic) bond motifs is 1. The van der Waals surface area contributed by atoms with Crippen molar-refractivity contribution in [1.29, 1.82) is 0 Å². The second kappa shape index (κ2) is 4.30. The van der Waals surface area contributed by atoms with E-state index in [2.05, 4.69) is 27.1 Å². The quantitative estimate of drug-likeness (QED) is 0.800. The topological polar surface area (TPSA) is 41.1 Å². The number of piperazine rings is 1. The van der Waals surface area contributed by atoms with Crippen molar-refractivity contribution in [1.82, 2.24) is 15.3 Å². The fourth-order valence-corrected chi connectivity index (χ4v) is 2.21. The molecule has 2 aliphatic heterocycles. The number of hydrogen-bond acceptors (Lipinski definition) is 4. The highest BCUT2D eigenvalue weighted by atomic mass is 15.3. The SMILES string of the molecule is CC1CN(c2nc3cccccc-3n2)CCN1. The molecule has 4 nitrogen and oxygen atoms in total. The number of hydrogen-bond donors (Lipinski definition) is 1. The predicted molar refractivity (Wildman–Crippen MR) is 68.3 cm³/mol. The minimum atomic E-state index is 0.501. The van der Waals surface area contributed by atoms with Crippen LogP contribution >= 0.6 is 0 Å². The van der Waals surface area contributed by atoms with Gasteiger partial charge in [0.1, 0.15) is 0 Å². The molecule has 3 rings (SSSR count). The molecule has 0 bridgehead atoms. The van der Waals surface area contributed by atoms with Crippen LogP contribution in [0.1, 0.15) is 6.92 Å². The van der Waals surface area contributed by atoms with Gasteiger partial charge in [0.2, 0.25) is 5.95 Å². The normalized spacial score (nSPS) is 20.8. The molecule has 0 spiro atoms. The maximum Gasteiger partial charge on any atom is 0.226 e. The molecule has 1 saturated heterocycles. The number of nitrogens with one attached hydrogen (secondary N) is 1. The molecule has 0 aromatic rings. The lowest BCUT2D eigenvalue weighted by Crippen LogP contribution is -2.49. The first-order valence-electron chi connectivity index (χ1n) is 6.04. The summed E-state index contributed by atoms with van der Waals surface area (Å²) in [4.78, 5) is 11.4. The van der Waals surface area contributed by atoms with Crippen LogP contribution in [0.4, 0.5) is 5.95 Å². The van der Waals surface area contributed by atoms with E-state index in [1.54, 1.807) is 0 Å². The fourth-order valence-electron chi connectivity index (χ4n) is 2.21. The van der Waals surface area contributed by atoms with Gasteiger partial charge in [-0.2, -0.15) is 0 Å². The molecular weight excluding hydrogens is 212 g/mol. The van der Waals surface area contributed by atoms with Crippen LogP contribution in [0.3, 0.4) is 0 Å². The molecule has 3 aliphatic rings. The van der Waals surface area contributed by atoms with Gasteiger partial charge in [-0.1, -0.05) is 18.2 Å². The summed E-state index contributed by atoms with van der Waals surface area (Å²) in [6.07, 6.45) is 0. The van der Waals surface area contributed by atoms with Crippen LogP contribution in [0.5, 0.6) is 0 Å². The summed E-state index contributed by atoms with van der Waals surface area (Å²) in [5.41, 5.74) is 1.94. The van der Waals surface area contributed by atoms with E-state index in [0.29, 0.717) is 6.04 Å². The average Bonchev–Trinajstić information content (AvgIpc) is 2.61. The Bertz CT molecular complexity index is 454. The smallest absolute Gasteiger partial charge is 0.226 e. The van der Waals surface area contributed by atoms with Crippen molar-refractivity contribution >= 4 is 5.95 Å². The second-order valence-electron chi connectivity index (χ2n) is 4.51. The zero-order valence-electron chi connectivity index (χ0n) is 9.93. The van der Waals surface area contributed by atoms with Crippen LogP contribution in [0.15, 0.2) is 30.3 Å². The fraction of sp³-hybridized carbons (Fsp3) is 0.385. The Balaban J connectivity index is 1.93. The molecule has 1 aliphatic carbocycles. The van der Waals surface area contributed by atoms with Crippen LogP contribution in [0.25, 0.3) is 11.4 Å². The summed E-state index contributed by atoms with van der Waals surface area (Å²) in [6.45, 7) is 5.14. The Hall–Kier alpha value is -1.68. The number of anilines is 1. The van der Waals surface area contributed by atoms with Gasteiger partial charge in [0.05, 0.1) is 11.4 Å². The zero-order valence-corrected chi connectivity index (χ0v) is 9.93. The van der Waals surface area contributed by atoms with Gasteiger partial charge < -0.3 is 10.2 Å². The summed E-state index contributed by atoms with van der Waals surface area (Å²) in [7, 11) is 0. The van der Waals surface area contributed by atoms with Crippen molar-refractivity contribution in [3.05, 3.63) is 30.3 Å². The Labute approximate surface area is 101 Å². The van der Waals surface area contributed by atoms with Crippen molar-refractivity contribution in [2.75, 3.05) is 24.5 Å². The lowest BCUT2D eigenvalue weighted by atomic mass is 10.2.